The number of hydrogen-bond donors (Lipinski definition) is 2. The molecule has 3 heteroatoms. The molecule has 0 heterocycles. The molecule has 0 bridgehead atoms. The number of aliphatic hydroxyl groups excluding tert-OH is 1. The Morgan fingerprint density at radius 3 is 2.39 bits per heavy atom. The van der Waals surface area contributed by atoms with Gasteiger partial charge in [0.25, 0.3) is 0 Å². The molecule has 0 aliphatic rings. The molecule has 0 aliphatic heterocycles. The van der Waals surface area contributed by atoms with Crippen molar-refractivity contribution in [2.24, 2.45) is 0 Å². The van der Waals surface area contributed by atoms with Crippen LogP contribution >= 0.6 is 0 Å². The Bertz CT molecular complexity index is 467. The maximum absolute atomic E-state index is 9.60. The second kappa shape index (κ2) is 6.55. The average molecular weight is 244 g/mol. The molecule has 96 valence electrons. The number of phenols is 1. The van der Waals surface area contributed by atoms with Gasteiger partial charge in [-0.3, -0.25) is 0 Å². The van der Waals surface area contributed by atoms with Gasteiger partial charge < -0.3 is 0 Å². The van der Waals surface area contributed by atoms with Gasteiger partial charge in [-0.25, -0.2) is 0 Å². The molecule has 1 aromatic rings. The molecule has 1 aromatic carbocycles. The van der Waals surface area contributed by atoms with Crippen molar-refractivity contribution in [3.05, 3.63) is 40.4 Å². The van der Waals surface area contributed by atoms with Gasteiger partial charge in [0.1, 0.15) is 0 Å². The number of hydrogen-bond acceptors (Lipinski definition) is 2. The molecular weight excluding hydrogens is 223 g/mol. The first-order valence-corrected chi connectivity index (χ1v) is 6.26. The molecule has 0 radical (unpaired) electrons. The molecule has 0 amide bonds. The van der Waals surface area contributed by atoms with E-state index in [-0.39, 0.29) is 12.4 Å². The Hall–Kier alpha value is -1.35. The van der Waals surface area contributed by atoms with Crippen molar-refractivity contribution in [2.45, 2.75) is 34.1 Å². The van der Waals surface area contributed by atoms with E-state index in [0.29, 0.717) is 0 Å². The number of benzene rings is 1. The van der Waals surface area contributed by atoms with E-state index in [9.17, 15) is 10.2 Å². The van der Waals surface area contributed by atoms with Crippen LogP contribution in [0.15, 0.2) is 29.2 Å². The summed E-state index contributed by atoms with van der Waals surface area (Å²) in [6.07, 6.45) is 0.929. The molecular formula is C15H21BO2. The van der Waals surface area contributed by atoms with Gasteiger partial charge in [0.05, 0.1) is 0 Å². The molecule has 18 heavy (non-hydrogen) atoms. The zero-order valence-electron chi connectivity index (χ0n) is 11.6. The van der Waals surface area contributed by atoms with Gasteiger partial charge in [0.15, 0.2) is 0 Å². The Balaban J connectivity index is 3.16. The summed E-state index contributed by atoms with van der Waals surface area (Å²) in [5.74, 6) is 0.277. The van der Waals surface area contributed by atoms with Crippen LogP contribution in [0.3, 0.4) is 0 Å². The first-order chi connectivity index (χ1) is 8.47. The fraction of sp³-hybridized carbons (Fsp3) is 0.400. The van der Waals surface area contributed by atoms with Crippen LogP contribution in [0, 0.1) is 6.92 Å². The van der Waals surface area contributed by atoms with E-state index in [1.807, 2.05) is 33.8 Å². The number of phenolic OH excluding ortho intramolecular Hbond substituents is 1. The number of aromatic hydroxyl groups is 1. The number of aliphatic hydroxyl groups is 1. The summed E-state index contributed by atoms with van der Waals surface area (Å²) >= 11 is 0. The molecule has 0 atom stereocenters. The molecule has 0 aromatic heterocycles. The van der Waals surface area contributed by atoms with Gasteiger partial charge in [0, 0.05) is 0 Å². The molecule has 2 N–H and O–H groups in total. The Kier molecular flexibility index (Phi) is 5.36. The third-order valence-electron chi connectivity index (χ3n) is 3.16. The topological polar surface area (TPSA) is 40.5 Å². The Labute approximate surface area is 110 Å². The first-order valence-electron chi connectivity index (χ1n) is 6.26. The zero-order valence-corrected chi connectivity index (χ0v) is 11.6. The summed E-state index contributed by atoms with van der Waals surface area (Å²) in [5.41, 5.74) is 5.21. The van der Waals surface area contributed by atoms with Crippen molar-refractivity contribution in [3.8, 4) is 5.75 Å². The standard InChI is InChI=1S/C15H21BO2/c1-5-11(3)15(9-17)16-12(4)13-6-10(2)7-14(18)8-13/h6-8,17-18H,5,9H2,1-4H3/b15-11+. The first kappa shape index (κ1) is 14.7. The van der Waals surface area contributed by atoms with E-state index in [4.69, 9.17) is 0 Å². The van der Waals surface area contributed by atoms with Crippen molar-refractivity contribution in [2.75, 3.05) is 6.61 Å². The van der Waals surface area contributed by atoms with Crippen LogP contribution in [0.25, 0.3) is 0 Å². The summed E-state index contributed by atoms with van der Waals surface area (Å²) in [4.78, 5) is 0. The van der Waals surface area contributed by atoms with Crippen molar-refractivity contribution in [1.82, 2.24) is 0 Å². The van der Waals surface area contributed by atoms with E-state index in [1.165, 1.54) is 5.57 Å². The van der Waals surface area contributed by atoms with Gasteiger partial charge in [-0.15, -0.1) is 0 Å². The van der Waals surface area contributed by atoms with Gasteiger partial charge in [-0.2, -0.15) is 0 Å². The minimum atomic E-state index is 0.0504. The quantitative estimate of drug-likeness (QED) is 0.799. The maximum atomic E-state index is 9.60. The summed E-state index contributed by atoms with van der Waals surface area (Å²) in [7, 11) is 0. The molecule has 0 aliphatic carbocycles. The second-order valence-corrected chi connectivity index (χ2v) is 4.70. The number of aryl methyl sites for hydroxylation is 1. The van der Waals surface area contributed by atoms with Crippen molar-refractivity contribution in [3.63, 3.8) is 0 Å². The van der Waals surface area contributed by atoms with Crippen LogP contribution in [0.4, 0.5) is 0 Å². The van der Waals surface area contributed by atoms with Gasteiger partial charge in [-0.1, -0.05) is 0 Å². The van der Waals surface area contributed by atoms with Crippen LogP contribution in [-0.2, 0) is 0 Å². The molecule has 0 fully saturated rings. The number of rotatable bonds is 4. The summed E-state index contributed by atoms with van der Waals surface area (Å²) in [6.45, 7) is 10.1. The average Bonchev–Trinajstić information content (AvgIpc) is 2.33. The van der Waals surface area contributed by atoms with E-state index in [2.05, 4.69) is 6.92 Å². The Morgan fingerprint density at radius 1 is 1.22 bits per heavy atom. The fourth-order valence-corrected chi connectivity index (χ4v) is 1.87. The third kappa shape index (κ3) is 3.85. The number of allylic oxidation sites excluding steroid dienone is 1. The molecule has 0 spiro atoms. The summed E-state index contributed by atoms with van der Waals surface area (Å²) in [6, 6.07) is 5.51. The van der Waals surface area contributed by atoms with E-state index < -0.39 is 0 Å². The van der Waals surface area contributed by atoms with Crippen molar-refractivity contribution < 1.29 is 10.2 Å². The van der Waals surface area contributed by atoms with Gasteiger partial charge in [-0.05, 0) is 0 Å². The summed E-state index contributed by atoms with van der Waals surface area (Å²) < 4.78 is 0. The predicted molar refractivity (Wildman–Crippen MR) is 78.5 cm³/mol. The van der Waals surface area contributed by atoms with E-state index in [0.717, 1.165) is 28.5 Å². The van der Waals surface area contributed by atoms with Crippen LogP contribution < -0.4 is 0 Å². The SMILES string of the molecule is CC/C(C)=C(/B=C(C)c1cc(C)cc(O)c1)CO. The van der Waals surface area contributed by atoms with Crippen molar-refractivity contribution in [1.29, 1.82) is 0 Å². The molecule has 1 rings (SSSR count). The monoisotopic (exact) mass is 244 g/mol. The van der Waals surface area contributed by atoms with E-state index in [1.54, 1.807) is 12.1 Å². The fourth-order valence-electron chi connectivity index (χ4n) is 1.87. The predicted octanol–water partition coefficient (Wildman–Crippen LogP) is 2.62. The van der Waals surface area contributed by atoms with Crippen molar-refractivity contribution >= 4 is 12.4 Å². The Morgan fingerprint density at radius 2 is 1.89 bits per heavy atom. The van der Waals surface area contributed by atoms with Crippen LogP contribution in [0.1, 0.15) is 38.3 Å². The van der Waals surface area contributed by atoms with Gasteiger partial charge in [0.2, 0.25) is 0 Å². The summed E-state index contributed by atoms with van der Waals surface area (Å²) in [5, 5.41) is 19.0. The molecule has 0 saturated carbocycles. The molecule has 2 nitrogen and oxygen atoms in total. The minimum absolute atomic E-state index is 0.0504. The van der Waals surface area contributed by atoms with Crippen LogP contribution in [-0.4, -0.2) is 29.2 Å². The van der Waals surface area contributed by atoms with Crippen LogP contribution in [0.2, 0.25) is 0 Å². The van der Waals surface area contributed by atoms with Gasteiger partial charge >= 0.3 is 109 Å². The zero-order chi connectivity index (χ0) is 13.7. The van der Waals surface area contributed by atoms with E-state index >= 15 is 0 Å². The molecule has 0 saturated heterocycles. The molecule has 0 unspecified atom stereocenters. The second-order valence-electron chi connectivity index (χ2n) is 4.70. The normalized spacial score (nSPS) is 13.1. The van der Waals surface area contributed by atoms with Crippen LogP contribution in [0.5, 0.6) is 5.75 Å². The third-order valence-corrected chi connectivity index (χ3v) is 3.16.